The maximum Gasteiger partial charge on any atom is 0.270 e. The number of hydrogen-bond acceptors (Lipinski definition) is 3. The molecule has 1 fully saturated rings. The summed E-state index contributed by atoms with van der Waals surface area (Å²) >= 11 is 0. The van der Waals surface area contributed by atoms with Crippen LogP contribution in [0.4, 0.5) is 0 Å². The number of methoxy groups -OCH3 is 1. The maximum absolute atomic E-state index is 12.7. The number of nitrogens with zero attached hydrogens (tertiary/aromatic N) is 1. The smallest absolute Gasteiger partial charge is 0.270 e. The number of pyridine rings is 1. The van der Waals surface area contributed by atoms with Crippen molar-refractivity contribution in [3.8, 4) is 5.75 Å². The SMILES string of the molecule is COc1c[nH]c(C(=O)N2CCCC(c3ccccc3C)C2)cc1=O. The van der Waals surface area contributed by atoms with Crippen molar-refractivity contribution in [3.63, 3.8) is 0 Å². The lowest BCUT2D eigenvalue weighted by molar-refractivity contribution is 0.0700. The number of benzene rings is 1. The summed E-state index contributed by atoms with van der Waals surface area (Å²) < 4.78 is 4.94. The number of aryl methyl sites for hydroxylation is 1. The molecule has 0 spiro atoms. The number of amides is 1. The summed E-state index contributed by atoms with van der Waals surface area (Å²) in [4.78, 5) is 29.3. The van der Waals surface area contributed by atoms with Gasteiger partial charge in [-0.1, -0.05) is 24.3 Å². The van der Waals surface area contributed by atoms with E-state index in [2.05, 4.69) is 24.0 Å². The normalized spacial score (nSPS) is 17.6. The molecule has 0 bridgehead atoms. The van der Waals surface area contributed by atoms with Gasteiger partial charge in [0.2, 0.25) is 5.43 Å². The number of nitrogens with one attached hydrogen (secondary N) is 1. The van der Waals surface area contributed by atoms with Gasteiger partial charge in [-0.3, -0.25) is 9.59 Å². The van der Waals surface area contributed by atoms with Crippen molar-refractivity contribution in [1.29, 1.82) is 0 Å². The van der Waals surface area contributed by atoms with Crippen LogP contribution in [0.2, 0.25) is 0 Å². The fraction of sp³-hybridized carbons (Fsp3) is 0.368. The van der Waals surface area contributed by atoms with E-state index in [0.29, 0.717) is 18.2 Å². The van der Waals surface area contributed by atoms with Crippen molar-refractivity contribution in [2.45, 2.75) is 25.7 Å². The molecule has 0 radical (unpaired) electrons. The van der Waals surface area contributed by atoms with Crippen molar-refractivity contribution >= 4 is 5.91 Å². The monoisotopic (exact) mass is 326 g/mol. The summed E-state index contributed by atoms with van der Waals surface area (Å²) in [6, 6.07) is 9.65. The molecule has 24 heavy (non-hydrogen) atoms. The van der Waals surface area contributed by atoms with Gasteiger partial charge in [0.15, 0.2) is 5.75 Å². The van der Waals surface area contributed by atoms with Gasteiger partial charge >= 0.3 is 0 Å². The molecule has 0 saturated carbocycles. The number of carbonyl (C=O) groups excluding carboxylic acids is 1. The second-order valence-corrected chi connectivity index (χ2v) is 6.23. The Hall–Kier alpha value is -2.56. The molecule has 1 unspecified atom stereocenters. The molecule has 126 valence electrons. The summed E-state index contributed by atoms with van der Waals surface area (Å²) in [5.41, 5.74) is 2.59. The Kier molecular flexibility index (Phi) is 4.69. The molecule has 0 aliphatic carbocycles. The average Bonchev–Trinajstić information content (AvgIpc) is 2.61. The van der Waals surface area contributed by atoms with Gasteiger partial charge in [-0.15, -0.1) is 0 Å². The van der Waals surface area contributed by atoms with Gasteiger partial charge in [0, 0.05) is 31.3 Å². The number of likely N-dealkylation sites (tertiary alicyclic amines) is 1. The number of aromatic nitrogens is 1. The maximum atomic E-state index is 12.7. The highest BCUT2D eigenvalue weighted by Crippen LogP contribution is 2.29. The molecule has 1 amide bonds. The number of hydrogen-bond donors (Lipinski definition) is 1. The van der Waals surface area contributed by atoms with Gasteiger partial charge < -0.3 is 14.6 Å². The molecule has 5 heteroatoms. The quantitative estimate of drug-likeness (QED) is 0.943. The number of ether oxygens (including phenoxy) is 1. The fourth-order valence-electron chi connectivity index (χ4n) is 3.37. The van der Waals surface area contributed by atoms with Gasteiger partial charge in [-0.05, 0) is 30.9 Å². The molecule has 1 atom stereocenters. The minimum Gasteiger partial charge on any atom is -0.491 e. The van der Waals surface area contributed by atoms with Crippen LogP contribution in [0.1, 0.15) is 40.4 Å². The lowest BCUT2D eigenvalue weighted by atomic mass is 9.88. The van der Waals surface area contributed by atoms with Crippen molar-refractivity contribution in [1.82, 2.24) is 9.88 Å². The number of carbonyl (C=O) groups is 1. The number of piperidine rings is 1. The van der Waals surface area contributed by atoms with Crippen LogP contribution in [-0.4, -0.2) is 36.0 Å². The highest BCUT2D eigenvalue weighted by molar-refractivity contribution is 5.92. The minimum absolute atomic E-state index is 0.131. The van der Waals surface area contributed by atoms with Crippen LogP contribution in [0.25, 0.3) is 0 Å². The number of H-pyrrole nitrogens is 1. The second kappa shape index (κ2) is 6.91. The summed E-state index contributed by atoms with van der Waals surface area (Å²) in [5, 5.41) is 0. The second-order valence-electron chi connectivity index (χ2n) is 6.23. The van der Waals surface area contributed by atoms with Crippen molar-refractivity contribution in [2.24, 2.45) is 0 Å². The van der Waals surface area contributed by atoms with E-state index in [9.17, 15) is 9.59 Å². The predicted molar refractivity (Wildman–Crippen MR) is 92.7 cm³/mol. The molecule has 1 aliphatic rings. The van der Waals surface area contributed by atoms with Gasteiger partial charge in [-0.25, -0.2) is 0 Å². The van der Waals surface area contributed by atoms with Crippen LogP contribution < -0.4 is 10.2 Å². The third-order valence-electron chi connectivity index (χ3n) is 4.66. The summed E-state index contributed by atoms with van der Waals surface area (Å²) in [6.07, 6.45) is 3.48. The molecule has 1 aliphatic heterocycles. The van der Waals surface area contributed by atoms with Crippen molar-refractivity contribution < 1.29 is 9.53 Å². The number of aromatic amines is 1. The first-order chi connectivity index (χ1) is 11.6. The number of rotatable bonds is 3. The Morgan fingerprint density at radius 1 is 1.33 bits per heavy atom. The molecular formula is C19H22N2O3. The Morgan fingerprint density at radius 3 is 2.83 bits per heavy atom. The van der Waals surface area contributed by atoms with Gasteiger partial charge in [0.05, 0.1) is 7.11 Å². The minimum atomic E-state index is -0.285. The predicted octanol–water partition coefficient (Wildman–Crippen LogP) is 2.71. The lowest BCUT2D eigenvalue weighted by Gasteiger charge is -2.33. The van der Waals surface area contributed by atoms with Gasteiger partial charge in [-0.2, -0.15) is 0 Å². The van der Waals surface area contributed by atoms with Crippen LogP contribution in [0.5, 0.6) is 5.75 Å². The molecule has 2 aromatic rings. The fourth-order valence-corrected chi connectivity index (χ4v) is 3.37. The summed E-state index contributed by atoms with van der Waals surface area (Å²) in [5.74, 6) is 0.421. The van der Waals surface area contributed by atoms with Crippen molar-refractivity contribution in [2.75, 3.05) is 20.2 Å². The Bertz CT molecular complexity index is 797. The molecule has 5 nitrogen and oxygen atoms in total. The van der Waals surface area contributed by atoms with Crippen LogP contribution >= 0.6 is 0 Å². The zero-order valence-corrected chi connectivity index (χ0v) is 14.0. The zero-order valence-electron chi connectivity index (χ0n) is 14.0. The van der Waals surface area contributed by atoms with Crippen LogP contribution in [-0.2, 0) is 0 Å². The van der Waals surface area contributed by atoms with E-state index in [4.69, 9.17) is 4.74 Å². The van der Waals surface area contributed by atoms with Gasteiger partial charge in [0.25, 0.3) is 5.91 Å². The average molecular weight is 326 g/mol. The standard InChI is InChI=1S/C19H22N2O3/c1-13-6-3-4-8-15(13)14-7-5-9-21(12-14)19(23)16-10-17(22)18(24-2)11-20-16/h3-4,6,8,10-11,14H,5,7,9,12H2,1-2H3,(H,20,22). The van der Waals surface area contributed by atoms with E-state index >= 15 is 0 Å². The first kappa shape index (κ1) is 16.3. The first-order valence-corrected chi connectivity index (χ1v) is 8.21. The van der Waals surface area contributed by atoms with E-state index in [1.54, 1.807) is 0 Å². The molecule has 2 heterocycles. The van der Waals surface area contributed by atoms with Crippen molar-refractivity contribution in [3.05, 3.63) is 63.6 Å². The molecule has 1 N–H and O–H groups in total. The first-order valence-electron chi connectivity index (χ1n) is 8.21. The molecule has 1 aromatic carbocycles. The summed E-state index contributed by atoms with van der Waals surface area (Å²) in [6.45, 7) is 3.50. The van der Waals surface area contributed by atoms with Gasteiger partial charge in [0.1, 0.15) is 5.69 Å². The lowest BCUT2D eigenvalue weighted by Crippen LogP contribution is -2.39. The van der Waals surface area contributed by atoms with E-state index in [1.165, 1.54) is 30.5 Å². The van der Waals surface area contributed by atoms with E-state index < -0.39 is 0 Å². The Labute approximate surface area is 141 Å². The Balaban J connectivity index is 1.79. The zero-order chi connectivity index (χ0) is 17.1. The molecule has 1 saturated heterocycles. The van der Waals surface area contributed by atoms with E-state index in [-0.39, 0.29) is 17.1 Å². The highest BCUT2D eigenvalue weighted by Gasteiger charge is 2.26. The third kappa shape index (κ3) is 3.20. The van der Waals surface area contributed by atoms with Crippen LogP contribution in [0, 0.1) is 6.92 Å². The largest absolute Gasteiger partial charge is 0.491 e. The van der Waals surface area contributed by atoms with E-state index in [1.807, 2.05) is 17.0 Å². The molecular weight excluding hydrogens is 304 g/mol. The van der Waals surface area contributed by atoms with Crippen LogP contribution in [0.15, 0.2) is 41.3 Å². The molecule has 1 aromatic heterocycles. The molecule has 3 rings (SSSR count). The van der Waals surface area contributed by atoms with Crippen LogP contribution in [0.3, 0.4) is 0 Å². The summed E-state index contributed by atoms with van der Waals surface area (Å²) in [7, 11) is 1.43. The third-order valence-corrected chi connectivity index (χ3v) is 4.66. The highest BCUT2D eigenvalue weighted by atomic mass is 16.5. The van der Waals surface area contributed by atoms with E-state index in [0.717, 1.165) is 19.4 Å². The Morgan fingerprint density at radius 2 is 2.12 bits per heavy atom. The topological polar surface area (TPSA) is 62.4 Å².